The van der Waals surface area contributed by atoms with Gasteiger partial charge in [0.1, 0.15) is 0 Å². The van der Waals surface area contributed by atoms with Crippen LogP contribution in [0.25, 0.3) is 0 Å². The third kappa shape index (κ3) is 4.16. The smallest absolute Gasteiger partial charge is 0.0621 e. The maximum Gasteiger partial charge on any atom is 0.0621 e. The second-order valence-corrected chi connectivity index (χ2v) is 6.35. The van der Waals surface area contributed by atoms with Crippen molar-refractivity contribution in [1.82, 2.24) is 4.98 Å². The van der Waals surface area contributed by atoms with Crippen molar-refractivity contribution in [2.45, 2.75) is 31.7 Å². The largest absolute Gasteiger partial charge is 0.327 e. The quantitative estimate of drug-likeness (QED) is 0.914. The number of pyridine rings is 1. The second kappa shape index (κ2) is 6.62. The molecule has 0 aliphatic carbocycles. The Bertz CT molecular complexity index is 353. The maximum absolute atomic E-state index is 6.22. The summed E-state index contributed by atoms with van der Waals surface area (Å²) in [4.78, 5) is 3.99. The van der Waals surface area contributed by atoms with Gasteiger partial charge in [-0.25, -0.2) is 0 Å². The van der Waals surface area contributed by atoms with E-state index in [4.69, 9.17) is 17.3 Å². The molecule has 0 saturated carbocycles. The summed E-state index contributed by atoms with van der Waals surface area (Å²) >= 11 is 8.15. The number of nitrogens with two attached hydrogens (primary N) is 1. The van der Waals surface area contributed by atoms with Gasteiger partial charge < -0.3 is 5.73 Å². The Morgan fingerprint density at radius 1 is 1.47 bits per heavy atom. The molecular formula is C13H19ClN2S. The first-order chi connectivity index (χ1) is 8.25. The second-order valence-electron chi connectivity index (χ2n) is 4.72. The molecule has 1 fully saturated rings. The first kappa shape index (κ1) is 13.2. The van der Waals surface area contributed by atoms with Crippen molar-refractivity contribution in [2.24, 2.45) is 11.7 Å². The molecule has 2 nitrogen and oxygen atoms in total. The summed E-state index contributed by atoms with van der Waals surface area (Å²) in [6, 6.07) is 2.20. The van der Waals surface area contributed by atoms with Crippen LogP contribution in [0.4, 0.5) is 0 Å². The third-order valence-corrected chi connectivity index (χ3v) is 4.70. The minimum Gasteiger partial charge on any atom is -0.327 e. The fourth-order valence-electron chi connectivity index (χ4n) is 2.35. The van der Waals surface area contributed by atoms with Crippen LogP contribution in [0.3, 0.4) is 0 Å². The Morgan fingerprint density at radius 2 is 2.24 bits per heavy atom. The summed E-state index contributed by atoms with van der Waals surface area (Å²) < 4.78 is 0. The molecule has 0 spiro atoms. The molecule has 1 atom stereocenters. The number of hydrogen-bond donors (Lipinski definition) is 1. The first-order valence-corrected chi connectivity index (χ1v) is 7.70. The van der Waals surface area contributed by atoms with Crippen LogP contribution in [0.15, 0.2) is 18.5 Å². The number of thioether (sulfide) groups is 1. The van der Waals surface area contributed by atoms with E-state index in [0.717, 1.165) is 29.3 Å². The van der Waals surface area contributed by atoms with Crippen LogP contribution in [0, 0.1) is 5.92 Å². The van der Waals surface area contributed by atoms with Gasteiger partial charge in [-0.15, -0.1) is 0 Å². The number of hydrogen-bond acceptors (Lipinski definition) is 3. The topological polar surface area (TPSA) is 38.9 Å². The van der Waals surface area contributed by atoms with Gasteiger partial charge in [-0.3, -0.25) is 4.98 Å². The van der Waals surface area contributed by atoms with Crippen LogP contribution in [0.2, 0.25) is 5.02 Å². The van der Waals surface area contributed by atoms with Crippen molar-refractivity contribution < 1.29 is 0 Å². The van der Waals surface area contributed by atoms with Gasteiger partial charge >= 0.3 is 0 Å². The molecule has 2 heterocycles. The molecular weight excluding hydrogens is 252 g/mol. The van der Waals surface area contributed by atoms with Crippen molar-refractivity contribution >= 4 is 23.4 Å². The van der Waals surface area contributed by atoms with E-state index >= 15 is 0 Å². The lowest BCUT2D eigenvalue weighted by atomic mass is 9.92. The molecule has 17 heavy (non-hydrogen) atoms. The normalized spacial score (nSPS) is 19.2. The molecule has 1 unspecified atom stereocenters. The molecule has 2 N–H and O–H groups in total. The maximum atomic E-state index is 6.22. The summed E-state index contributed by atoms with van der Waals surface area (Å²) in [5.41, 5.74) is 7.34. The number of halogens is 1. The van der Waals surface area contributed by atoms with Crippen LogP contribution in [-0.4, -0.2) is 22.5 Å². The molecule has 0 radical (unpaired) electrons. The van der Waals surface area contributed by atoms with E-state index in [-0.39, 0.29) is 6.04 Å². The van der Waals surface area contributed by atoms with E-state index in [9.17, 15) is 0 Å². The average Bonchev–Trinajstić information content (AvgIpc) is 2.33. The van der Waals surface area contributed by atoms with Gasteiger partial charge in [-0.05, 0) is 54.7 Å². The van der Waals surface area contributed by atoms with Gasteiger partial charge in [-0.2, -0.15) is 11.8 Å². The Labute approximate surface area is 112 Å². The molecule has 94 valence electrons. The Balaban J connectivity index is 1.84. The highest BCUT2D eigenvalue weighted by atomic mass is 35.5. The molecule has 1 saturated heterocycles. The Morgan fingerprint density at radius 3 is 2.94 bits per heavy atom. The van der Waals surface area contributed by atoms with Crippen LogP contribution in [0.5, 0.6) is 0 Å². The van der Waals surface area contributed by atoms with Crippen molar-refractivity contribution in [1.29, 1.82) is 0 Å². The van der Waals surface area contributed by atoms with E-state index in [0.29, 0.717) is 0 Å². The highest BCUT2D eigenvalue weighted by Gasteiger charge is 2.17. The molecule has 4 heteroatoms. The van der Waals surface area contributed by atoms with Crippen LogP contribution in [0.1, 0.15) is 24.8 Å². The van der Waals surface area contributed by atoms with Gasteiger partial charge in [0.25, 0.3) is 0 Å². The molecule has 0 bridgehead atoms. The average molecular weight is 271 g/mol. The zero-order chi connectivity index (χ0) is 12.1. The minimum absolute atomic E-state index is 0.225. The molecule has 1 aliphatic heterocycles. The third-order valence-electron chi connectivity index (χ3n) is 3.32. The minimum atomic E-state index is 0.225. The van der Waals surface area contributed by atoms with E-state index < -0.39 is 0 Å². The van der Waals surface area contributed by atoms with Crippen molar-refractivity contribution in [2.75, 3.05) is 11.5 Å². The highest BCUT2D eigenvalue weighted by Crippen LogP contribution is 2.27. The molecule has 2 rings (SSSR count). The lowest BCUT2D eigenvalue weighted by molar-refractivity contribution is 0.406. The summed E-state index contributed by atoms with van der Waals surface area (Å²) in [5, 5.41) is 0.738. The van der Waals surface area contributed by atoms with E-state index in [1.807, 2.05) is 6.07 Å². The number of aromatic nitrogens is 1. The van der Waals surface area contributed by atoms with Crippen molar-refractivity contribution in [3.05, 3.63) is 29.0 Å². The molecule has 0 amide bonds. The fraction of sp³-hybridized carbons (Fsp3) is 0.615. The molecule has 1 aromatic rings. The van der Waals surface area contributed by atoms with E-state index in [1.54, 1.807) is 12.4 Å². The number of rotatable bonds is 4. The first-order valence-electron chi connectivity index (χ1n) is 6.17. The van der Waals surface area contributed by atoms with Gasteiger partial charge in [0, 0.05) is 18.4 Å². The Hall–Kier alpha value is -0.250. The lowest BCUT2D eigenvalue weighted by Crippen LogP contribution is -2.27. The lowest BCUT2D eigenvalue weighted by Gasteiger charge is -2.24. The fourth-order valence-corrected chi connectivity index (χ4v) is 3.75. The van der Waals surface area contributed by atoms with Crippen LogP contribution < -0.4 is 5.73 Å². The van der Waals surface area contributed by atoms with Gasteiger partial charge in [0.2, 0.25) is 0 Å². The summed E-state index contributed by atoms with van der Waals surface area (Å²) in [6.07, 6.45) is 8.11. The monoisotopic (exact) mass is 270 g/mol. The standard InChI is InChI=1S/C13H19ClN2S/c14-13-9-16-4-1-11(13)8-12(15)7-10-2-5-17-6-3-10/h1,4,9-10,12H,2-3,5-8,15H2. The van der Waals surface area contributed by atoms with Crippen LogP contribution in [-0.2, 0) is 6.42 Å². The summed E-state index contributed by atoms with van der Waals surface area (Å²) in [5.74, 6) is 3.41. The van der Waals surface area contributed by atoms with Gasteiger partial charge in [0.15, 0.2) is 0 Å². The Kier molecular flexibility index (Phi) is 5.14. The van der Waals surface area contributed by atoms with Gasteiger partial charge in [-0.1, -0.05) is 11.6 Å². The van der Waals surface area contributed by atoms with E-state index in [1.165, 1.54) is 24.3 Å². The molecule has 1 aliphatic rings. The summed E-state index contributed by atoms with van der Waals surface area (Å²) in [7, 11) is 0. The predicted molar refractivity (Wildman–Crippen MR) is 75.6 cm³/mol. The number of nitrogens with zero attached hydrogens (tertiary/aromatic N) is 1. The predicted octanol–water partition coefficient (Wildman–Crippen LogP) is 3.14. The SMILES string of the molecule is NC(Cc1ccncc1Cl)CC1CCSCC1. The highest BCUT2D eigenvalue weighted by molar-refractivity contribution is 7.99. The van der Waals surface area contributed by atoms with Crippen LogP contribution >= 0.6 is 23.4 Å². The molecule has 0 aromatic carbocycles. The zero-order valence-corrected chi connectivity index (χ0v) is 11.5. The van der Waals surface area contributed by atoms with E-state index in [2.05, 4.69) is 16.7 Å². The molecule has 1 aromatic heterocycles. The van der Waals surface area contributed by atoms with Crippen molar-refractivity contribution in [3.8, 4) is 0 Å². The van der Waals surface area contributed by atoms with Crippen molar-refractivity contribution in [3.63, 3.8) is 0 Å². The van der Waals surface area contributed by atoms with Gasteiger partial charge in [0.05, 0.1) is 5.02 Å². The summed E-state index contributed by atoms with van der Waals surface area (Å²) in [6.45, 7) is 0. The zero-order valence-electron chi connectivity index (χ0n) is 9.94.